The van der Waals surface area contributed by atoms with Gasteiger partial charge in [-0.2, -0.15) is 4.72 Å². The lowest BCUT2D eigenvalue weighted by atomic mass is 10.1. The third kappa shape index (κ3) is 3.97. The largest absolute Gasteiger partial charge is 0.291 e. The maximum absolute atomic E-state index is 12.4. The second kappa shape index (κ2) is 7.09. The van der Waals surface area contributed by atoms with Crippen LogP contribution in [0.1, 0.15) is 15.9 Å². The lowest BCUT2D eigenvalue weighted by Gasteiger charge is -2.15. The number of aryl methyl sites for hydroxylation is 1. The summed E-state index contributed by atoms with van der Waals surface area (Å²) in [7, 11) is -3.73. The molecular weight excluding hydrogens is 318 g/mol. The van der Waals surface area contributed by atoms with Gasteiger partial charge in [0.1, 0.15) is 5.37 Å². The van der Waals surface area contributed by atoms with Crippen LogP contribution in [0.15, 0.2) is 59.5 Å². The van der Waals surface area contributed by atoms with Gasteiger partial charge in [0.05, 0.1) is 4.90 Å². The Hall–Kier alpha value is -1.63. The van der Waals surface area contributed by atoms with Crippen molar-refractivity contribution in [1.82, 2.24) is 4.72 Å². The number of thioether (sulfide) groups is 1. The van der Waals surface area contributed by atoms with Gasteiger partial charge in [0.25, 0.3) is 0 Å². The zero-order valence-electron chi connectivity index (χ0n) is 12.3. The number of rotatable bonds is 6. The molecular formula is C16H17NO3S2. The number of hydrogen-bond acceptors (Lipinski definition) is 4. The lowest BCUT2D eigenvalue weighted by molar-refractivity contribution is 0.0985. The minimum absolute atomic E-state index is 0.151. The summed E-state index contributed by atoms with van der Waals surface area (Å²) in [6, 6.07) is 15.2. The number of carbonyl (C=O) groups excluding carboxylic acids is 1. The lowest BCUT2D eigenvalue weighted by Crippen LogP contribution is -2.38. The molecule has 2 rings (SSSR count). The van der Waals surface area contributed by atoms with Crippen LogP contribution in [0, 0.1) is 6.92 Å². The van der Waals surface area contributed by atoms with Crippen molar-refractivity contribution in [3.8, 4) is 0 Å². The van der Waals surface area contributed by atoms with Crippen LogP contribution in [0.5, 0.6) is 0 Å². The topological polar surface area (TPSA) is 63.2 Å². The molecule has 0 saturated heterocycles. The summed E-state index contributed by atoms with van der Waals surface area (Å²) >= 11 is 1.16. The van der Waals surface area contributed by atoms with Crippen molar-refractivity contribution >= 4 is 27.6 Å². The monoisotopic (exact) mass is 335 g/mol. The first-order valence-corrected chi connectivity index (χ1v) is 9.42. The molecule has 0 amide bonds. The van der Waals surface area contributed by atoms with E-state index in [0.29, 0.717) is 5.56 Å². The van der Waals surface area contributed by atoms with Crippen molar-refractivity contribution in [1.29, 1.82) is 0 Å². The molecule has 1 N–H and O–H groups in total. The van der Waals surface area contributed by atoms with E-state index in [9.17, 15) is 13.2 Å². The number of ketones is 1. The van der Waals surface area contributed by atoms with Crippen LogP contribution >= 0.6 is 11.8 Å². The molecule has 0 aliphatic carbocycles. The van der Waals surface area contributed by atoms with Crippen LogP contribution in [0.2, 0.25) is 0 Å². The average molecular weight is 335 g/mol. The van der Waals surface area contributed by atoms with Crippen LogP contribution in [-0.4, -0.2) is 25.8 Å². The molecule has 0 spiro atoms. The van der Waals surface area contributed by atoms with E-state index in [2.05, 4.69) is 4.72 Å². The van der Waals surface area contributed by atoms with E-state index >= 15 is 0 Å². The molecule has 0 radical (unpaired) electrons. The fourth-order valence-corrected chi connectivity index (χ4v) is 4.02. The van der Waals surface area contributed by atoms with Gasteiger partial charge in [-0.25, -0.2) is 8.42 Å². The Morgan fingerprint density at radius 1 is 1.05 bits per heavy atom. The quantitative estimate of drug-likeness (QED) is 0.651. The summed E-state index contributed by atoms with van der Waals surface area (Å²) in [5.41, 5.74) is 1.45. The van der Waals surface area contributed by atoms with E-state index in [1.54, 1.807) is 48.7 Å². The minimum atomic E-state index is -3.73. The fraction of sp³-hybridized carbons (Fsp3) is 0.188. The van der Waals surface area contributed by atoms with Crippen molar-refractivity contribution < 1.29 is 13.2 Å². The molecule has 4 nitrogen and oxygen atoms in total. The third-order valence-corrected chi connectivity index (χ3v) is 5.52. The first-order chi connectivity index (χ1) is 10.4. The Labute approximate surface area is 135 Å². The van der Waals surface area contributed by atoms with Crippen molar-refractivity contribution in [2.45, 2.75) is 17.2 Å². The summed E-state index contributed by atoms with van der Waals surface area (Å²) in [4.78, 5) is 12.5. The molecule has 0 bridgehead atoms. The Bertz CT molecular complexity index is 741. The number of carbonyl (C=O) groups is 1. The average Bonchev–Trinajstić information content (AvgIpc) is 2.53. The maximum Gasteiger partial charge on any atom is 0.241 e. The van der Waals surface area contributed by atoms with Gasteiger partial charge >= 0.3 is 0 Å². The highest BCUT2D eigenvalue weighted by Gasteiger charge is 2.25. The van der Waals surface area contributed by atoms with Crippen LogP contribution in [-0.2, 0) is 10.0 Å². The SMILES string of the molecule is CSC(NS(=O)(=O)c1ccc(C)cc1)C(=O)c1ccccc1. The molecule has 0 aliphatic heterocycles. The van der Waals surface area contributed by atoms with E-state index in [-0.39, 0.29) is 10.7 Å². The molecule has 22 heavy (non-hydrogen) atoms. The Morgan fingerprint density at radius 2 is 1.64 bits per heavy atom. The van der Waals surface area contributed by atoms with Crippen LogP contribution in [0.3, 0.4) is 0 Å². The van der Waals surface area contributed by atoms with Gasteiger partial charge in [-0.3, -0.25) is 4.79 Å². The fourth-order valence-electron chi connectivity index (χ4n) is 1.89. The van der Waals surface area contributed by atoms with Gasteiger partial charge in [0.15, 0.2) is 5.78 Å². The zero-order valence-corrected chi connectivity index (χ0v) is 13.9. The molecule has 0 heterocycles. The number of hydrogen-bond donors (Lipinski definition) is 1. The second-order valence-corrected chi connectivity index (χ2v) is 7.44. The number of benzene rings is 2. The zero-order chi connectivity index (χ0) is 16.2. The minimum Gasteiger partial charge on any atom is -0.291 e. The second-order valence-electron chi connectivity index (χ2n) is 4.78. The highest BCUT2D eigenvalue weighted by atomic mass is 32.2. The van der Waals surface area contributed by atoms with Gasteiger partial charge < -0.3 is 0 Å². The smallest absolute Gasteiger partial charge is 0.241 e. The first-order valence-electron chi connectivity index (χ1n) is 6.65. The number of nitrogens with one attached hydrogen (secondary N) is 1. The molecule has 0 fully saturated rings. The Morgan fingerprint density at radius 3 is 2.18 bits per heavy atom. The standard InChI is InChI=1S/C16H17NO3S2/c1-12-8-10-14(11-9-12)22(19,20)17-16(21-2)15(18)13-6-4-3-5-7-13/h3-11,16-17H,1-2H3. The van der Waals surface area contributed by atoms with E-state index in [1.807, 2.05) is 6.92 Å². The highest BCUT2D eigenvalue weighted by Crippen LogP contribution is 2.16. The molecule has 1 atom stereocenters. The molecule has 0 saturated carbocycles. The van der Waals surface area contributed by atoms with Crippen molar-refractivity contribution in [3.63, 3.8) is 0 Å². The summed E-state index contributed by atoms with van der Waals surface area (Å²) < 4.78 is 27.2. The van der Waals surface area contributed by atoms with Gasteiger partial charge in [-0.1, -0.05) is 48.0 Å². The van der Waals surface area contributed by atoms with E-state index in [4.69, 9.17) is 0 Å². The van der Waals surface area contributed by atoms with Gasteiger partial charge in [-0.15, -0.1) is 11.8 Å². The summed E-state index contributed by atoms with van der Waals surface area (Å²) in [5, 5.41) is -0.853. The van der Waals surface area contributed by atoms with Gasteiger partial charge in [-0.05, 0) is 25.3 Å². The summed E-state index contributed by atoms with van der Waals surface area (Å²) in [5.74, 6) is -0.260. The van der Waals surface area contributed by atoms with Gasteiger partial charge in [0, 0.05) is 5.56 Å². The van der Waals surface area contributed by atoms with Crippen molar-refractivity contribution in [3.05, 3.63) is 65.7 Å². The van der Waals surface area contributed by atoms with E-state index < -0.39 is 15.4 Å². The highest BCUT2D eigenvalue weighted by molar-refractivity contribution is 8.01. The molecule has 2 aromatic carbocycles. The number of Topliss-reactive ketones (excluding diaryl/α,β-unsaturated/α-hetero) is 1. The first kappa shape index (κ1) is 16.7. The number of sulfonamides is 1. The van der Waals surface area contributed by atoms with Crippen LogP contribution in [0.4, 0.5) is 0 Å². The van der Waals surface area contributed by atoms with Crippen LogP contribution < -0.4 is 4.72 Å². The molecule has 0 aliphatic rings. The maximum atomic E-state index is 12.4. The Kier molecular flexibility index (Phi) is 5.39. The molecule has 2 aromatic rings. The van der Waals surface area contributed by atoms with E-state index in [0.717, 1.165) is 17.3 Å². The van der Waals surface area contributed by atoms with Crippen LogP contribution in [0.25, 0.3) is 0 Å². The summed E-state index contributed by atoms with van der Waals surface area (Å²) in [6.45, 7) is 1.88. The van der Waals surface area contributed by atoms with Gasteiger partial charge in [0.2, 0.25) is 10.0 Å². The normalized spacial score (nSPS) is 12.8. The predicted molar refractivity (Wildman–Crippen MR) is 89.6 cm³/mol. The predicted octanol–water partition coefficient (Wildman–Crippen LogP) is 2.85. The molecule has 116 valence electrons. The molecule has 0 aromatic heterocycles. The van der Waals surface area contributed by atoms with Crippen molar-refractivity contribution in [2.75, 3.05) is 6.26 Å². The molecule has 1 unspecified atom stereocenters. The Balaban J connectivity index is 2.22. The summed E-state index contributed by atoms with van der Waals surface area (Å²) in [6.07, 6.45) is 1.70. The van der Waals surface area contributed by atoms with E-state index in [1.165, 1.54) is 12.1 Å². The third-order valence-electron chi connectivity index (χ3n) is 3.13. The molecule has 6 heteroatoms. The van der Waals surface area contributed by atoms with Crippen molar-refractivity contribution in [2.24, 2.45) is 0 Å².